The number of fused-ring (bicyclic) bond motifs is 1. The molecule has 2 aromatic heterocycles. The fourth-order valence-corrected chi connectivity index (χ4v) is 8.23. The molecule has 3 aromatic rings. The van der Waals surface area contributed by atoms with Gasteiger partial charge in [-0.25, -0.2) is 4.98 Å². The Kier molecular flexibility index (Phi) is 4.35. The molecular formula is C24H23ClN2O3S. The number of benzene rings is 1. The standard InChI is InChI=1S/C24H23ClN2O3S/c25-24-9-14-6-15(10-24)8-23(7-14,13-24)22(29)30-11-18-26-20(28)19-17(12-31-21(19)27-18)16-4-2-1-3-5-16/h1-5,12,14-15H,6-11,13H2,(H,26,27,28). The molecule has 1 N–H and O–H groups in total. The molecule has 0 radical (unpaired) electrons. The minimum Gasteiger partial charge on any atom is -0.457 e. The quantitative estimate of drug-likeness (QED) is 0.430. The topological polar surface area (TPSA) is 72.0 Å². The Balaban J connectivity index is 1.24. The van der Waals surface area contributed by atoms with E-state index in [4.69, 9.17) is 16.3 Å². The van der Waals surface area contributed by atoms with Crippen molar-refractivity contribution >= 4 is 39.1 Å². The van der Waals surface area contributed by atoms with E-state index in [9.17, 15) is 9.59 Å². The van der Waals surface area contributed by atoms with E-state index < -0.39 is 5.41 Å². The first-order chi connectivity index (χ1) is 14.9. The van der Waals surface area contributed by atoms with Crippen LogP contribution in [0.3, 0.4) is 0 Å². The number of carbonyl (C=O) groups excluding carboxylic acids is 1. The number of ether oxygens (including phenoxy) is 1. The van der Waals surface area contributed by atoms with Gasteiger partial charge in [0.15, 0.2) is 0 Å². The Labute approximate surface area is 188 Å². The largest absolute Gasteiger partial charge is 0.457 e. The summed E-state index contributed by atoms with van der Waals surface area (Å²) in [6.07, 6.45) is 5.71. The summed E-state index contributed by atoms with van der Waals surface area (Å²) in [6, 6.07) is 9.80. The monoisotopic (exact) mass is 454 g/mol. The highest BCUT2D eigenvalue weighted by molar-refractivity contribution is 7.17. The number of alkyl halides is 1. The summed E-state index contributed by atoms with van der Waals surface area (Å²) in [5.41, 5.74) is 1.20. The van der Waals surface area contributed by atoms with Gasteiger partial charge in [-0.2, -0.15) is 0 Å². The van der Waals surface area contributed by atoms with Gasteiger partial charge >= 0.3 is 5.97 Å². The second-order valence-corrected chi connectivity index (χ2v) is 11.3. The molecule has 2 atom stereocenters. The number of aromatic amines is 1. The molecule has 4 aliphatic carbocycles. The third kappa shape index (κ3) is 3.23. The van der Waals surface area contributed by atoms with Crippen LogP contribution in [0.2, 0.25) is 0 Å². The van der Waals surface area contributed by atoms with E-state index in [1.165, 1.54) is 17.8 Å². The number of hydrogen-bond acceptors (Lipinski definition) is 5. The van der Waals surface area contributed by atoms with E-state index in [1.807, 2.05) is 35.7 Å². The van der Waals surface area contributed by atoms with Crippen molar-refractivity contribution in [1.82, 2.24) is 9.97 Å². The van der Waals surface area contributed by atoms with E-state index in [-0.39, 0.29) is 23.0 Å². The van der Waals surface area contributed by atoms with Crippen LogP contribution in [0, 0.1) is 17.3 Å². The van der Waals surface area contributed by atoms with Crippen LogP contribution in [0.4, 0.5) is 0 Å². The van der Waals surface area contributed by atoms with Gasteiger partial charge in [-0.05, 0) is 55.9 Å². The van der Waals surface area contributed by atoms with Crippen molar-refractivity contribution in [1.29, 1.82) is 0 Å². The molecule has 0 spiro atoms. The van der Waals surface area contributed by atoms with Gasteiger partial charge < -0.3 is 9.72 Å². The molecule has 4 saturated carbocycles. The fraction of sp³-hybridized carbons (Fsp3) is 0.458. The van der Waals surface area contributed by atoms with Crippen molar-refractivity contribution in [2.45, 2.75) is 50.0 Å². The number of nitrogens with zero attached hydrogens (tertiary/aromatic N) is 1. The maximum atomic E-state index is 13.2. The Bertz CT molecular complexity index is 1220. The average Bonchev–Trinajstić information content (AvgIpc) is 3.15. The van der Waals surface area contributed by atoms with Crippen LogP contribution >= 0.6 is 22.9 Å². The van der Waals surface area contributed by atoms with E-state index in [1.54, 1.807) is 0 Å². The normalized spacial score (nSPS) is 31.3. The first-order valence-electron chi connectivity index (χ1n) is 10.9. The minimum atomic E-state index is -0.459. The molecule has 7 heteroatoms. The molecule has 5 nitrogen and oxygen atoms in total. The van der Waals surface area contributed by atoms with Gasteiger partial charge in [0.2, 0.25) is 0 Å². The molecule has 1 aromatic carbocycles. The summed E-state index contributed by atoms with van der Waals surface area (Å²) < 4.78 is 5.73. The number of aromatic nitrogens is 2. The number of hydrogen-bond donors (Lipinski definition) is 1. The highest BCUT2D eigenvalue weighted by atomic mass is 35.5. The van der Waals surface area contributed by atoms with Crippen molar-refractivity contribution in [2.24, 2.45) is 17.3 Å². The van der Waals surface area contributed by atoms with Gasteiger partial charge in [0.1, 0.15) is 17.3 Å². The third-order valence-electron chi connectivity index (χ3n) is 7.34. The molecule has 0 saturated heterocycles. The lowest BCUT2D eigenvalue weighted by atomic mass is 9.49. The van der Waals surface area contributed by atoms with Crippen LogP contribution in [0.25, 0.3) is 21.3 Å². The van der Waals surface area contributed by atoms with Gasteiger partial charge in [0.25, 0.3) is 5.56 Å². The number of rotatable bonds is 4. The zero-order valence-electron chi connectivity index (χ0n) is 17.0. The lowest BCUT2D eigenvalue weighted by Gasteiger charge is -2.58. The van der Waals surface area contributed by atoms with Crippen molar-refractivity contribution in [3.63, 3.8) is 0 Å². The van der Waals surface area contributed by atoms with Gasteiger partial charge in [-0.15, -0.1) is 22.9 Å². The number of halogens is 1. The summed E-state index contributed by atoms with van der Waals surface area (Å²) in [5, 5.41) is 2.53. The Morgan fingerprint density at radius 2 is 1.94 bits per heavy atom. The number of nitrogens with one attached hydrogen (secondary N) is 1. The highest BCUT2D eigenvalue weighted by Gasteiger charge is 2.60. The van der Waals surface area contributed by atoms with E-state index in [0.29, 0.717) is 34.3 Å². The van der Waals surface area contributed by atoms with Gasteiger partial charge in [-0.1, -0.05) is 30.3 Å². The molecule has 4 bridgehead atoms. The highest BCUT2D eigenvalue weighted by Crippen LogP contribution is 2.64. The second-order valence-electron chi connectivity index (χ2n) is 9.68. The van der Waals surface area contributed by atoms with Crippen molar-refractivity contribution < 1.29 is 9.53 Å². The predicted molar refractivity (Wildman–Crippen MR) is 121 cm³/mol. The lowest BCUT2D eigenvalue weighted by molar-refractivity contribution is -0.171. The Morgan fingerprint density at radius 3 is 2.65 bits per heavy atom. The predicted octanol–water partition coefficient (Wildman–Crippen LogP) is 5.27. The van der Waals surface area contributed by atoms with Gasteiger partial charge in [0.05, 0.1) is 10.8 Å². The number of H-pyrrole nitrogens is 1. The van der Waals surface area contributed by atoms with Crippen LogP contribution < -0.4 is 5.56 Å². The molecule has 4 fully saturated rings. The van der Waals surface area contributed by atoms with Crippen LogP contribution in [0.15, 0.2) is 40.5 Å². The first-order valence-corrected chi connectivity index (χ1v) is 12.1. The van der Waals surface area contributed by atoms with Crippen molar-refractivity contribution in [3.8, 4) is 11.1 Å². The average molecular weight is 455 g/mol. The van der Waals surface area contributed by atoms with Crippen LogP contribution in [0.1, 0.15) is 44.3 Å². The summed E-state index contributed by atoms with van der Waals surface area (Å²) in [6.45, 7) is -0.0189. The molecule has 0 amide bonds. The Hall–Kier alpha value is -2.18. The van der Waals surface area contributed by atoms with Crippen molar-refractivity contribution in [2.75, 3.05) is 0 Å². The SMILES string of the molecule is O=C(OCc1nc2scc(-c3ccccc3)c2c(=O)[nH]1)C12CC3CC(CC(Cl)(C3)C1)C2. The first kappa shape index (κ1) is 19.5. The maximum Gasteiger partial charge on any atom is 0.312 e. The van der Waals surface area contributed by atoms with Crippen LogP contribution in [-0.2, 0) is 16.1 Å². The number of carbonyl (C=O) groups is 1. The molecule has 2 unspecified atom stereocenters. The molecule has 2 heterocycles. The van der Waals surface area contributed by atoms with Gasteiger partial charge in [-0.3, -0.25) is 9.59 Å². The zero-order chi connectivity index (χ0) is 21.2. The van der Waals surface area contributed by atoms with Crippen LogP contribution in [0.5, 0.6) is 0 Å². The summed E-state index contributed by atoms with van der Waals surface area (Å²) in [4.78, 5) is 33.8. The fourth-order valence-electron chi connectivity index (χ4n) is 6.57. The summed E-state index contributed by atoms with van der Waals surface area (Å²) in [5.74, 6) is 1.27. The molecule has 160 valence electrons. The number of esters is 1. The molecule has 4 aliphatic rings. The lowest BCUT2D eigenvalue weighted by Crippen LogP contribution is -2.56. The second kappa shape index (κ2) is 6.91. The van der Waals surface area contributed by atoms with E-state index >= 15 is 0 Å². The van der Waals surface area contributed by atoms with Gasteiger partial charge in [0, 0.05) is 15.8 Å². The molecule has 31 heavy (non-hydrogen) atoms. The summed E-state index contributed by atoms with van der Waals surface area (Å²) in [7, 11) is 0. The molecule has 0 aliphatic heterocycles. The summed E-state index contributed by atoms with van der Waals surface area (Å²) >= 11 is 8.28. The number of thiophene rings is 1. The maximum absolute atomic E-state index is 13.2. The zero-order valence-corrected chi connectivity index (χ0v) is 18.6. The van der Waals surface area contributed by atoms with Crippen LogP contribution in [-0.4, -0.2) is 20.8 Å². The smallest absolute Gasteiger partial charge is 0.312 e. The third-order valence-corrected chi connectivity index (χ3v) is 8.65. The minimum absolute atomic E-state index is 0.0189. The molecular weight excluding hydrogens is 432 g/mol. The van der Waals surface area contributed by atoms with E-state index in [0.717, 1.165) is 36.8 Å². The van der Waals surface area contributed by atoms with Crippen molar-refractivity contribution in [3.05, 3.63) is 51.9 Å². The molecule has 7 rings (SSSR count). The Morgan fingerprint density at radius 1 is 1.19 bits per heavy atom. The van der Waals surface area contributed by atoms with E-state index in [2.05, 4.69) is 9.97 Å².